The van der Waals surface area contributed by atoms with Gasteiger partial charge in [-0.1, -0.05) is 6.42 Å². The van der Waals surface area contributed by atoms with Crippen LogP contribution in [-0.4, -0.2) is 9.55 Å². The molecule has 2 bridgehead atoms. The minimum absolute atomic E-state index is 0.572. The van der Waals surface area contributed by atoms with E-state index in [1.165, 1.54) is 37.1 Å². The quantitative estimate of drug-likeness (QED) is 0.782. The van der Waals surface area contributed by atoms with Crippen molar-refractivity contribution in [3.05, 3.63) is 16.2 Å². The van der Waals surface area contributed by atoms with Crippen molar-refractivity contribution in [1.29, 1.82) is 0 Å². The first-order chi connectivity index (χ1) is 8.08. The summed E-state index contributed by atoms with van der Waals surface area (Å²) in [7, 11) is 0. The Bertz CT molecular complexity index is 485. The Morgan fingerprint density at radius 3 is 2.53 bits per heavy atom. The van der Waals surface area contributed by atoms with Crippen molar-refractivity contribution in [2.75, 3.05) is 0 Å². The third-order valence-electron chi connectivity index (χ3n) is 5.24. The number of aromatic amines is 1. The Kier molecular flexibility index (Phi) is 2.69. The first kappa shape index (κ1) is 11.5. The van der Waals surface area contributed by atoms with Crippen molar-refractivity contribution >= 4 is 12.2 Å². The second kappa shape index (κ2) is 3.98. The van der Waals surface area contributed by atoms with Crippen LogP contribution in [0, 0.1) is 36.4 Å². The number of imidazole rings is 1. The number of hydrogen-bond donors (Lipinski definition) is 1. The van der Waals surface area contributed by atoms with E-state index >= 15 is 0 Å². The molecule has 94 valence electrons. The average Bonchev–Trinajstić information content (AvgIpc) is 2.94. The van der Waals surface area contributed by atoms with Crippen molar-refractivity contribution < 1.29 is 0 Å². The largest absolute Gasteiger partial charge is 0.335 e. The molecular formula is C14H22N2S. The number of rotatable bonds is 2. The van der Waals surface area contributed by atoms with E-state index in [-0.39, 0.29) is 0 Å². The standard InChI is InChI=1S/C14H22N2S/c1-8-9(2)16(14(17)15-8)10(3)13-7-11-4-5-12(13)6-11/h10-13H,4-7H2,1-3H3,(H,15,17)/t10-,11+,12+,13+/m0/s1. The molecule has 0 spiro atoms. The van der Waals surface area contributed by atoms with Gasteiger partial charge in [-0.2, -0.15) is 0 Å². The van der Waals surface area contributed by atoms with E-state index in [0.29, 0.717) is 6.04 Å². The lowest BCUT2D eigenvalue weighted by Gasteiger charge is -2.29. The van der Waals surface area contributed by atoms with Gasteiger partial charge in [-0.05, 0) is 70.0 Å². The molecule has 2 aliphatic rings. The second-order valence-electron chi connectivity index (χ2n) is 6.09. The van der Waals surface area contributed by atoms with Gasteiger partial charge >= 0.3 is 0 Å². The summed E-state index contributed by atoms with van der Waals surface area (Å²) in [5, 5.41) is 0. The van der Waals surface area contributed by atoms with Gasteiger partial charge in [-0.15, -0.1) is 0 Å². The number of H-pyrrole nitrogens is 1. The van der Waals surface area contributed by atoms with E-state index < -0.39 is 0 Å². The number of fused-ring (bicyclic) bond motifs is 2. The van der Waals surface area contributed by atoms with Crippen LogP contribution in [-0.2, 0) is 0 Å². The van der Waals surface area contributed by atoms with Crippen LogP contribution in [0.2, 0.25) is 0 Å². The van der Waals surface area contributed by atoms with Crippen molar-refractivity contribution in [2.45, 2.75) is 52.5 Å². The van der Waals surface area contributed by atoms with Crippen LogP contribution in [0.5, 0.6) is 0 Å². The fourth-order valence-electron chi connectivity index (χ4n) is 4.21. The molecule has 0 saturated heterocycles. The summed E-state index contributed by atoms with van der Waals surface area (Å²) in [4.78, 5) is 3.30. The zero-order valence-corrected chi connectivity index (χ0v) is 11.8. The van der Waals surface area contributed by atoms with Gasteiger partial charge in [-0.25, -0.2) is 0 Å². The Balaban J connectivity index is 1.91. The predicted octanol–water partition coefficient (Wildman–Crippen LogP) is 4.16. The molecular weight excluding hydrogens is 228 g/mol. The van der Waals surface area contributed by atoms with E-state index in [1.54, 1.807) is 0 Å². The van der Waals surface area contributed by atoms with Crippen LogP contribution < -0.4 is 0 Å². The molecule has 1 aromatic heterocycles. The molecule has 2 saturated carbocycles. The molecule has 1 aromatic rings. The number of hydrogen-bond acceptors (Lipinski definition) is 1. The maximum absolute atomic E-state index is 5.47. The monoisotopic (exact) mass is 250 g/mol. The maximum atomic E-state index is 5.47. The third kappa shape index (κ3) is 1.70. The predicted molar refractivity (Wildman–Crippen MR) is 72.7 cm³/mol. The number of nitrogens with one attached hydrogen (secondary N) is 1. The molecule has 1 heterocycles. The van der Waals surface area contributed by atoms with Crippen molar-refractivity contribution in [3.63, 3.8) is 0 Å². The lowest BCUT2D eigenvalue weighted by atomic mass is 9.84. The fourth-order valence-corrected chi connectivity index (χ4v) is 4.67. The highest BCUT2D eigenvalue weighted by Crippen LogP contribution is 2.52. The SMILES string of the molecule is Cc1[nH]c(=S)n([C@@H](C)[C@H]2C[C@@H]3CC[C@@H]2C3)c1C. The van der Waals surface area contributed by atoms with Crippen molar-refractivity contribution in [2.24, 2.45) is 17.8 Å². The van der Waals surface area contributed by atoms with E-state index in [2.05, 4.69) is 30.3 Å². The lowest BCUT2D eigenvalue weighted by Crippen LogP contribution is -2.22. The molecule has 3 rings (SSSR count). The normalized spacial score (nSPS) is 33.2. The first-order valence-corrected chi connectivity index (χ1v) is 7.26. The highest BCUT2D eigenvalue weighted by Gasteiger charge is 2.42. The molecule has 0 amide bonds. The highest BCUT2D eigenvalue weighted by atomic mass is 32.1. The van der Waals surface area contributed by atoms with Crippen LogP contribution >= 0.6 is 12.2 Å². The van der Waals surface area contributed by atoms with Gasteiger partial charge in [0, 0.05) is 17.4 Å². The Morgan fingerprint density at radius 1 is 1.29 bits per heavy atom. The number of aryl methyl sites for hydroxylation is 1. The minimum Gasteiger partial charge on any atom is -0.335 e. The Morgan fingerprint density at radius 2 is 2.06 bits per heavy atom. The summed E-state index contributed by atoms with van der Waals surface area (Å²) in [6.45, 7) is 6.67. The zero-order valence-electron chi connectivity index (χ0n) is 11.0. The summed E-state index contributed by atoms with van der Waals surface area (Å²) >= 11 is 5.47. The summed E-state index contributed by atoms with van der Waals surface area (Å²) in [6, 6.07) is 0.572. The van der Waals surface area contributed by atoms with E-state index in [4.69, 9.17) is 12.2 Å². The van der Waals surface area contributed by atoms with E-state index in [9.17, 15) is 0 Å². The van der Waals surface area contributed by atoms with E-state index in [0.717, 1.165) is 22.5 Å². The maximum Gasteiger partial charge on any atom is 0.177 e. The fraction of sp³-hybridized carbons (Fsp3) is 0.786. The van der Waals surface area contributed by atoms with Gasteiger partial charge in [0.05, 0.1) is 0 Å². The van der Waals surface area contributed by atoms with Gasteiger partial charge in [0.25, 0.3) is 0 Å². The van der Waals surface area contributed by atoms with Crippen LogP contribution in [0.25, 0.3) is 0 Å². The number of nitrogens with zero attached hydrogens (tertiary/aromatic N) is 1. The van der Waals surface area contributed by atoms with E-state index in [1.807, 2.05) is 0 Å². The third-order valence-corrected chi connectivity index (χ3v) is 5.54. The molecule has 2 nitrogen and oxygen atoms in total. The molecule has 0 aromatic carbocycles. The highest BCUT2D eigenvalue weighted by molar-refractivity contribution is 7.71. The minimum atomic E-state index is 0.572. The molecule has 4 atom stereocenters. The molecule has 0 radical (unpaired) electrons. The van der Waals surface area contributed by atoms with Crippen LogP contribution in [0.15, 0.2) is 0 Å². The van der Waals surface area contributed by atoms with Gasteiger partial charge in [-0.3, -0.25) is 0 Å². The van der Waals surface area contributed by atoms with Gasteiger partial charge in [0.15, 0.2) is 4.77 Å². The van der Waals surface area contributed by atoms with Crippen molar-refractivity contribution in [1.82, 2.24) is 9.55 Å². The van der Waals surface area contributed by atoms with Gasteiger partial charge < -0.3 is 9.55 Å². The molecule has 0 unspecified atom stereocenters. The van der Waals surface area contributed by atoms with Gasteiger partial charge in [0.1, 0.15) is 0 Å². The van der Waals surface area contributed by atoms with Crippen molar-refractivity contribution in [3.8, 4) is 0 Å². The lowest BCUT2D eigenvalue weighted by molar-refractivity contribution is 0.239. The first-order valence-electron chi connectivity index (χ1n) is 6.85. The van der Waals surface area contributed by atoms with Crippen LogP contribution in [0.3, 0.4) is 0 Å². The molecule has 3 heteroatoms. The summed E-state index contributed by atoms with van der Waals surface area (Å²) in [6.07, 6.45) is 5.84. The number of aromatic nitrogens is 2. The summed E-state index contributed by atoms with van der Waals surface area (Å²) < 4.78 is 3.27. The molecule has 0 aliphatic heterocycles. The van der Waals surface area contributed by atoms with Gasteiger partial charge in [0.2, 0.25) is 0 Å². The second-order valence-corrected chi connectivity index (χ2v) is 6.48. The van der Waals surface area contributed by atoms with Crippen LogP contribution in [0.1, 0.15) is 50.0 Å². The Labute approximate surface area is 108 Å². The zero-order chi connectivity index (χ0) is 12.2. The smallest absolute Gasteiger partial charge is 0.177 e. The molecule has 1 N–H and O–H groups in total. The van der Waals surface area contributed by atoms with Crippen LogP contribution in [0.4, 0.5) is 0 Å². The molecule has 2 aliphatic carbocycles. The summed E-state index contributed by atoms with van der Waals surface area (Å²) in [5.41, 5.74) is 2.55. The Hall–Kier alpha value is -0.570. The molecule has 17 heavy (non-hydrogen) atoms. The summed E-state index contributed by atoms with van der Waals surface area (Å²) in [5.74, 6) is 2.84. The molecule has 2 fully saturated rings. The average molecular weight is 250 g/mol. The topological polar surface area (TPSA) is 20.7 Å².